The molecule has 0 spiro atoms. The highest BCUT2D eigenvalue weighted by molar-refractivity contribution is 5.50. The molecule has 0 aromatic rings. The Morgan fingerprint density at radius 3 is 1.70 bits per heavy atom. The van der Waals surface area contributed by atoms with Gasteiger partial charge in [0, 0.05) is 6.42 Å². The van der Waals surface area contributed by atoms with Crippen molar-refractivity contribution in [2.24, 2.45) is 0 Å². The quantitative estimate of drug-likeness (QED) is 0.389. The van der Waals surface area contributed by atoms with Gasteiger partial charge in [0.15, 0.2) is 6.29 Å². The van der Waals surface area contributed by atoms with E-state index in [1.807, 2.05) is 6.29 Å². The molecule has 0 rings (SSSR count). The number of unbranched alkanes of at least 4 members (excludes halogenated alkanes) is 11. The molecule has 1 atom stereocenters. The van der Waals surface area contributed by atoms with Crippen molar-refractivity contribution in [3.8, 4) is 0 Å². The third-order valence-electron chi connectivity index (χ3n) is 3.96. The molecule has 20 heavy (non-hydrogen) atoms. The van der Waals surface area contributed by atoms with E-state index in [1.54, 1.807) is 0 Å². The second-order valence-corrected chi connectivity index (χ2v) is 6.01. The van der Waals surface area contributed by atoms with Gasteiger partial charge in [-0.3, -0.25) is 4.79 Å². The van der Waals surface area contributed by atoms with Crippen molar-refractivity contribution < 1.29 is 9.90 Å². The molecule has 119 valence electrons. The van der Waals surface area contributed by atoms with Crippen LogP contribution >= 0.6 is 0 Å². The fourth-order valence-electron chi connectivity index (χ4n) is 2.59. The number of carbonyl (C=O) groups excluding carboxylic acids is 1. The average molecular weight is 283 g/mol. The van der Waals surface area contributed by atoms with E-state index in [-0.39, 0.29) is 6.10 Å². The summed E-state index contributed by atoms with van der Waals surface area (Å²) in [7, 11) is 0. The lowest BCUT2D eigenvalue weighted by molar-refractivity contribution is 0.147. The maximum Gasteiger partial charge on any atom is 0.198 e. The van der Waals surface area contributed by atoms with Gasteiger partial charge in [-0.2, -0.15) is 0 Å². The highest BCUT2D eigenvalue weighted by atomic mass is 16.3. The Bertz CT molecular complexity index is 192. The third kappa shape index (κ3) is 15.7. The molecule has 1 N–H and O–H groups in total. The van der Waals surface area contributed by atoms with Gasteiger partial charge in [-0.15, -0.1) is 0 Å². The van der Waals surface area contributed by atoms with Crippen LogP contribution in [0, 0.1) is 0 Å². The summed E-state index contributed by atoms with van der Waals surface area (Å²) in [5, 5.41) is 9.84. The molecular formula is C18H35O2. The first-order chi connectivity index (χ1) is 9.81. The summed E-state index contributed by atoms with van der Waals surface area (Å²) < 4.78 is 0. The Labute approximate surface area is 126 Å². The summed E-state index contributed by atoms with van der Waals surface area (Å²) in [6.07, 6.45) is 19.3. The first kappa shape index (κ1) is 19.6. The van der Waals surface area contributed by atoms with Crippen molar-refractivity contribution in [1.82, 2.24) is 0 Å². The molecule has 0 aromatic carbocycles. The molecule has 0 aromatic heterocycles. The first-order valence-electron chi connectivity index (χ1n) is 8.84. The van der Waals surface area contributed by atoms with Crippen molar-refractivity contribution in [1.29, 1.82) is 0 Å². The van der Waals surface area contributed by atoms with Gasteiger partial charge in [-0.1, -0.05) is 77.6 Å². The minimum Gasteiger partial charge on any atom is -0.393 e. The molecule has 0 heterocycles. The molecule has 0 amide bonds. The minimum absolute atomic E-state index is 0.0635. The van der Waals surface area contributed by atoms with Crippen molar-refractivity contribution in [3.63, 3.8) is 0 Å². The van der Waals surface area contributed by atoms with Crippen molar-refractivity contribution in [2.45, 2.75) is 109 Å². The second-order valence-electron chi connectivity index (χ2n) is 6.01. The maximum atomic E-state index is 10.0. The van der Waals surface area contributed by atoms with Crippen LogP contribution in [0.4, 0.5) is 0 Å². The van der Waals surface area contributed by atoms with Crippen LogP contribution in [0.2, 0.25) is 0 Å². The average Bonchev–Trinajstić information content (AvgIpc) is 2.45. The molecule has 0 saturated heterocycles. The predicted octanol–water partition coefficient (Wildman–Crippen LogP) is 5.33. The van der Waals surface area contributed by atoms with Gasteiger partial charge < -0.3 is 5.11 Å². The number of hydrogen-bond acceptors (Lipinski definition) is 2. The van der Waals surface area contributed by atoms with Crippen LogP contribution in [-0.4, -0.2) is 17.5 Å². The number of aliphatic hydroxyl groups excluding tert-OH is 1. The fraction of sp³-hybridized carbons (Fsp3) is 0.944. The van der Waals surface area contributed by atoms with Crippen molar-refractivity contribution in [3.05, 3.63) is 0 Å². The highest BCUT2D eigenvalue weighted by Gasteiger charge is 2.03. The Hall–Kier alpha value is -0.370. The van der Waals surface area contributed by atoms with E-state index in [0.717, 1.165) is 19.3 Å². The van der Waals surface area contributed by atoms with Crippen LogP contribution in [-0.2, 0) is 4.79 Å². The van der Waals surface area contributed by atoms with E-state index in [9.17, 15) is 9.90 Å². The van der Waals surface area contributed by atoms with Gasteiger partial charge in [-0.05, 0) is 19.3 Å². The molecule has 0 aliphatic carbocycles. The second kappa shape index (κ2) is 16.7. The fourth-order valence-corrected chi connectivity index (χ4v) is 2.59. The smallest absolute Gasteiger partial charge is 0.198 e. The number of hydrogen-bond donors (Lipinski definition) is 1. The van der Waals surface area contributed by atoms with Crippen LogP contribution in [0.25, 0.3) is 0 Å². The largest absolute Gasteiger partial charge is 0.393 e. The molecule has 0 aliphatic rings. The molecule has 0 bridgehead atoms. The summed E-state index contributed by atoms with van der Waals surface area (Å²) in [6.45, 7) is 2.22. The standard InChI is InChI=1S/C18H35O2/c1-2-3-4-12-15-18(20)16-13-10-8-6-5-7-9-11-14-17-19/h18,20H,2-16H2,1H3. The molecular weight excluding hydrogens is 248 g/mol. The van der Waals surface area contributed by atoms with Gasteiger partial charge in [-0.25, -0.2) is 0 Å². The molecule has 2 heteroatoms. The van der Waals surface area contributed by atoms with E-state index in [4.69, 9.17) is 0 Å². The van der Waals surface area contributed by atoms with Crippen molar-refractivity contribution >= 4 is 6.29 Å². The van der Waals surface area contributed by atoms with E-state index in [2.05, 4.69) is 6.92 Å². The summed E-state index contributed by atoms with van der Waals surface area (Å²) in [5.74, 6) is 0. The SMILES string of the molecule is CCCCCCC(O)CCCCCCCCCC[C]=O. The summed E-state index contributed by atoms with van der Waals surface area (Å²) in [4.78, 5) is 10.0. The summed E-state index contributed by atoms with van der Waals surface area (Å²) in [6, 6.07) is 0. The summed E-state index contributed by atoms with van der Waals surface area (Å²) in [5.41, 5.74) is 0. The molecule has 1 unspecified atom stereocenters. The minimum atomic E-state index is -0.0635. The summed E-state index contributed by atoms with van der Waals surface area (Å²) >= 11 is 0. The van der Waals surface area contributed by atoms with Gasteiger partial charge in [0.1, 0.15) is 0 Å². The lowest BCUT2D eigenvalue weighted by Gasteiger charge is -2.10. The maximum absolute atomic E-state index is 10.0. The Balaban J connectivity index is 3.09. The van der Waals surface area contributed by atoms with Gasteiger partial charge in [0.2, 0.25) is 0 Å². The lowest BCUT2D eigenvalue weighted by atomic mass is 10.0. The Kier molecular flexibility index (Phi) is 16.4. The van der Waals surface area contributed by atoms with E-state index < -0.39 is 0 Å². The van der Waals surface area contributed by atoms with Crippen LogP contribution < -0.4 is 0 Å². The Morgan fingerprint density at radius 1 is 0.750 bits per heavy atom. The van der Waals surface area contributed by atoms with Crippen LogP contribution in [0.5, 0.6) is 0 Å². The predicted molar refractivity (Wildman–Crippen MR) is 86.6 cm³/mol. The number of rotatable bonds is 16. The van der Waals surface area contributed by atoms with Crippen LogP contribution in [0.15, 0.2) is 0 Å². The van der Waals surface area contributed by atoms with Crippen molar-refractivity contribution in [2.75, 3.05) is 0 Å². The zero-order chi connectivity index (χ0) is 14.9. The first-order valence-corrected chi connectivity index (χ1v) is 8.84. The molecule has 0 aliphatic heterocycles. The van der Waals surface area contributed by atoms with Gasteiger partial charge in [0.25, 0.3) is 0 Å². The van der Waals surface area contributed by atoms with Crippen LogP contribution in [0.3, 0.4) is 0 Å². The topological polar surface area (TPSA) is 37.3 Å². The van der Waals surface area contributed by atoms with Gasteiger partial charge >= 0.3 is 0 Å². The van der Waals surface area contributed by atoms with E-state index >= 15 is 0 Å². The van der Waals surface area contributed by atoms with E-state index in [1.165, 1.54) is 70.6 Å². The zero-order valence-electron chi connectivity index (χ0n) is 13.5. The normalized spacial score (nSPS) is 12.5. The lowest BCUT2D eigenvalue weighted by Crippen LogP contribution is -2.05. The molecule has 2 nitrogen and oxygen atoms in total. The Morgan fingerprint density at radius 2 is 1.20 bits per heavy atom. The molecule has 0 saturated carbocycles. The van der Waals surface area contributed by atoms with Crippen LogP contribution in [0.1, 0.15) is 103 Å². The zero-order valence-corrected chi connectivity index (χ0v) is 13.5. The molecule has 0 fully saturated rings. The third-order valence-corrected chi connectivity index (χ3v) is 3.96. The van der Waals surface area contributed by atoms with Gasteiger partial charge in [0.05, 0.1) is 6.10 Å². The monoisotopic (exact) mass is 283 g/mol. The number of aliphatic hydroxyl groups is 1. The molecule has 1 radical (unpaired) electrons. The highest BCUT2D eigenvalue weighted by Crippen LogP contribution is 2.14. The van der Waals surface area contributed by atoms with E-state index in [0.29, 0.717) is 6.42 Å².